The third-order valence-electron chi connectivity index (χ3n) is 4.63. The summed E-state index contributed by atoms with van der Waals surface area (Å²) in [7, 11) is -3.61. The second-order valence-corrected chi connectivity index (χ2v) is 10.9. The summed E-state index contributed by atoms with van der Waals surface area (Å²) in [6.07, 6.45) is 0. The van der Waals surface area contributed by atoms with Gasteiger partial charge in [-0.05, 0) is 42.5 Å². The van der Waals surface area contributed by atoms with Gasteiger partial charge in [-0.25, -0.2) is 13.4 Å². The van der Waals surface area contributed by atoms with Crippen molar-refractivity contribution in [1.82, 2.24) is 9.29 Å². The van der Waals surface area contributed by atoms with Crippen molar-refractivity contribution in [1.29, 1.82) is 0 Å². The molecule has 1 aromatic heterocycles. The number of alkyl halides is 2. The van der Waals surface area contributed by atoms with Gasteiger partial charge in [-0.2, -0.15) is 13.1 Å². The number of ether oxygens (including phenoxy) is 2. The Balaban J connectivity index is 1.33. The number of fused-ring (bicyclic) bond motifs is 1. The molecule has 8 nitrogen and oxygen atoms in total. The number of thiazole rings is 1. The number of aromatic nitrogens is 1. The van der Waals surface area contributed by atoms with Crippen molar-refractivity contribution in [2.45, 2.75) is 15.5 Å². The van der Waals surface area contributed by atoms with Crippen molar-refractivity contribution in [3.05, 3.63) is 42.5 Å². The summed E-state index contributed by atoms with van der Waals surface area (Å²) in [4.78, 5) is 17.0. The lowest BCUT2D eigenvalue weighted by Gasteiger charge is -2.26. The zero-order chi connectivity index (χ0) is 23.4. The fraction of sp³-hybridized carbons (Fsp3) is 0.300. The number of carbonyl (C=O) groups is 1. The highest BCUT2D eigenvalue weighted by atomic mass is 32.2. The number of amides is 1. The van der Waals surface area contributed by atoms with Crippen LogP contribution < -0.4 is 10.1 Å². The van der Waals surface area contributed by atoms with E-state index >= 15 is 0 Å². The first-order chi connectivity index (χ1) is 15.8. The quantitative estimate of drug-likeness (QED) is 0.458. The molecule has 1 N–H and O–H groups in total. The molecule has 13 heteroatoms. The second kappa shape index (κ2) is 10.3. The molecule has 176 valence electrons. The molecule has 0 atom stereocenters. The number of halogens is 2. The molecule has 0 unspecified atom stereocenters. The lowest BCUT2D eigenvalue weighted by Crippen LogP contribution is -2.40. The van der Waals surface area contributed by atoms with Crippen molar-refractivity contribution in [3.8, 4) is 5.75 Å². The average molecular weight is 516 g/mol. The van der Waals surface area contributed by atoms with E-state index in [4.69, 9.17) is 9.47 Å². The summed E-state index contributed by atoms with van der Waals surface area (Å²) >= 11 is 1.61. The minimum atomic E-state index is -3.61. The first-order valence-electron chi connectivity index (χ1n) is 9.77. The van der Waals surface area contributed by atoms with Gasteiger partial charge in [-0.1, -0.05) is 23.1 Å². The van der Waals surface area contributed by atoms with Gasteiger partial charge in [0.1, 0.15) is 5.75 Å². The number of nitrogens with zero attached hydrogens (tertiary/aromatic N) is 2. The molecule has 0 saturated carbocycles. The number of benzene rings is 2. The van der Waals surface area contributed by atoms with Crippen LogP contribution in [0.4, 0.5) is 13.9 Å². The van der Waals surface area contributed by atoms with E-state index in [1.807, 2.05) is 0 Å². The number of nitrogens with one attached hydrogen (secondary N) is 1. The lowest BCUT2D eigenvalue weighted by atomic mass is 10.3. The van der Waals surface area contributed by atoms with Crippen LogP contribution in [0.3, 0.4) is 0 Å². The second-order valence-electron chi connectivity index (χ2n) is 6.85. The Hall–Kier alpha value is -2.32. The van der Waals surface area contributed by atoms with Crippen LogP contribution in [0.5, 0.6) is 5.75 Å². The summed E-state index contributed by atoms with van der Waals surface area (Å²) in [5.41, 5.74) is 0.590. The maximum Gasteiger partial charge on any atom is 0.288 e. The molecule has 0 bridgehead atoms. The maximum atomic E-state index is 12.6. The number of thioether (sulfide) groups is 1. The Morgan fingerprint density at radius 1 is 1.21 bits per heavy atom. The Morgan fingerprint density at radius 3 is 2.64 bits per heavy atom. The van der Waals surface area contributed by atoms with Crippen molar-refractivity contribution < 1.29 is 31.5 Å². The van der Waals surface area contributed by atoms with Gasteiger partial charge in [0.15, 0.2) is 11.7 Å². The van der Waals surface area contributed by atoms with Crippen molar-refractivity contribution in [2.24, 2.45) is 0 Å². The molecule has 3 aromatic rings. The molecule has 0 spiro atoms. The zero-order valence-corrected chi connectivity index (χ0v) is 19.5. The normalized spacial score (nSPS) is 15.1. The van der Waals surface area contributed by atoms with E-state index in [1.165, 1.54) is 39.9 Å². The molecule has 1 fully saturated rings. The van der Waals surface area contributed by atoms with Crippen molar-refractivity contribution >= 4 is 54.4 Å². The van der Waals surface area contributed by atoms with E-state index < -0.39 is 21.7 Å². The van der Waals surface area contributed by atoms with Gasteiger partial charge < -0.3 is 9.47 Å². The van der Waals surface area contributed by atoms with E-state index in [2.05, 4.69) is 10.3 Å². The van der Waals surface area contributed by atoms with Crippen LogP contribution in [-0.2, 0) is 19.6 Å². The average Bonchev–Trinajstić information content (AvgIpc) is 3.19. The van der Waals surface area contributed by atoms with Gasteiger partial charge in [0.05, 0.1) is 28.3 Å². The van der Waals surface area contributed by atoms with Crippen molar-refractivity contribution in [3.63, 3.8) is 0 Å². The predicted octanol–water partition coefficient (Wildman–Crippen LogP) is 3.65. The number of morpholine rings is 1. The van der Waals surface area contributed by atoms with Gasteiger partial charge in [-0.15, -0.1) is 0 Å². The van der Waals surface area contributed by atoms with E-state index in [0.717, 1.165) is 0 Å². The Labute approximate surface area is 196 Å². The fourth-order valence-electron chi connectivity index (χ4n) is 3.08. The summed E-state index contributed by atoms with van der Waals surface area (Å²) in [5.74, 6) is -2.63. The van der Waals surface area contributed by atoms with Crippen LogP contribution in [0.2, 0.25) is 0 Å². The molecule has 1 saturated heterocycles. The molecule has 2 aromatic carbocycles. The topological polar surface area (TPSA) is 97.8 Å². The number of hydrogen-bond donors (Lipinski definition) is 1. The smallest absolute Gasteiger partial charge is 0.288 e. The van der Waals surface area contributed by atoms with E-state index in [9.17, 15) is 22.0 Å². The zero-order valence-electron chi connectivity index (χ0n) is 17.1. The van der Waals surface area contributed by atoms with Gasteiger partial charge in [0.2, 0.25) is 10.0 Å². The molecule has 1 amide bonds. The Kier molecular flexibility index (Phi) is 7.44. The SMILES string of the molecule is O=C(COc1ccc(S(=O)(=O)N2CCOCC2)cc1)Nc1nc2ccc(SC(F)F)cc2s1. The molecule has 33 heavy (non-hydrogen) atoms. The summed E-state index contributed by atoms with van der Waals surface area (Å²) < 4.78 is 63.0. The number of carbonyl (C=O) groups excluding carboxylic acids is 1. The maximum absolute atomic E-state index is 12.6. The number of rotatable bonds is 8. The summed E-state index contributed by atoms with van der Waals surface area (Å²) in [6.45, 7) is 1.02. The van der Waals surface area contributed by atoms with Crippen LogP contribution in [0.25, 0.3) is 10.2 Å². The van der Waals surface area contributed by atoms with Crippen LogP contribution in [0, 0.1) is 0 Å². The first-order valence-corrected chi connectivity index (χ1v) is 12.9. The highest BCUT2D eigenvalue weighted by Crippen LogP contribution is 2.32. The van der Waals surface area contributed by atoms with Crippen LogP contribution in [0.15, 0.2) is 52.3 Å². The monoisotopic (exact) mass is 515 g/mol. The highest BCUT2D eigenvalue weighted by molar-refractivity contribution is 7.99. The minimum Gasteiger partial charge on any atom is -0.484 e. The minimum absolute atomic E-state index is 0.139. The summed E-state index contributed by atoms with van der Waals surface area (Å²) in [5, 5.41) is 2.94. The van der Waals surface area contributed by atoms with Gasteiger partial charge >= 0.3 is 0 Å². The molecule has 1 aliphatic heterocycles. The van der Waals surface area contributed by atoms with E-state index in [1.54, 1.807) is 18.2 Å². The van der Waals surface area contributed by atoms with Crippen LogP contribution in [0.1, 0.15) is 0 Å². The summed E-state index contributed by atoms with van der Waals surface area (Å²) in [6, 6.07) is 10.6. The lowest BCUT2D eigenvalue weighted by molar-refractivity contribution is -0.118. The first kappa shape index (κ1) is 23.8. The van der Waals surface area contributed by atoms with Gasteiger partial charge in [0, 0.05) is 18.0 Å². The van der Waals surface area contributed by atoms with Gasteiger partial charge in [0.25, 0.3) is 11.7 Å². The number of anilines is 1. The predicted molar refractivity (Wildman–Crippen MR) is 122 cm³/mol. The molecule has 4 rings (SSSR count). The van der Waals surface area contributed by atoms with Crippen molar-refractivity contribution in [2.75, 3.05) is 38.2 Å². The Bertz CT molecular complexity index is 1230. The molecule has 2 heterocycles. The molecule has 1 aliphatic rings. The highest BCUT2D eigenvalue weighted by Gasteiger charge is 2.26. The number of sulfonamides is 1. The third kappa shape index (κ3) is 5.98. The molecule has 0 aliphatic carbocycles. The standard InChI is InChI=1S/C20H19F2N3O5S3/c21-19(22)31-14-3-6-16-17(11-14)32-20(23-16)24-18(26)12-30-13-1-4-15(5-2-13)33(27,28)25-7-9-29-10-8-25/h1-6,11,19H,7-10,12H2,(H,23,24,26). The fourth-order valence-corrected chi connectivity index (χ4v) is 6.02. The van der Waals surface area contributed by atoms with Crippen LogP contribution >= 0.6 is 23.1 Å². The Morgan fingerprint density at radius 2 is 1.94 bits per heavy atom. The molecule has 0 radical (unpaired) electrons. The van der Waals surface area contributed by atoms with E-state index in [-0.39, 0.29) is 11.5 Å². The largest absolute Gasteiger partial charge is 0.484 e. The van der Waals surface area contributed by atoms with Crippen LogP contribution in [-0.4, -0.2) is 62.3 Å². The number of hydrogen-bond acceptors (Lipinski definition) is 8. The van der Waals surface area contributed by atoms with E-state index in [0.29, 0.717) is 64.1 Å². The molecular formula is C20H19F2N3O5S3. The third-order valence-corrected chi connectivity index (χ3v) is 8.18. The molecular weight excluding hydrogens is 496 g/mol. The van der Waals surface area contributed by atoms with Gasteiger partial charge in [-0.3, -0.25) is 10.1 Å².